The molecule has 1 atom stereocenters. The molecule has 4 heterocycles. The number of ether oxygens (including phenoxy) is 1. The van der Waals surface area contributed by atoms with Crippen LogP contribution in [0.1, 0.15) is 32.3 Å². The number of pyridine rings is 1. The Morgan fingerprint density at radius 3 is 2.43 bits per heavy atom. The monoisotopic (exact) mass is 492 g/mol. The molecule has 2 aliphatic heterocycles. The Kier molecular flexibility index (Phi) is 7.07. The van der Waals surface area contributed by atoms with E-state index in [1.54, 1.807) is 6.20 Å². The molecule has 2 saturated heterocycles. The van der Waals surface area contributed by atoms with Gasteiger partial charge in [0.15, 0.2) is 0 Å². The molecule has 2 aliphatic rings. The Morgan fingerprint density at radius 2 is 1.74 bits per heavy atom. The average molecular weight is 493 g/mol. The highest BCUT2D eigenvalue weighted by Crippen LogP contribution is 2.30. The van der Waals surface area contributed by atoms with E-state index in [0.29, 0.717) is 24.2 Å². The summed E-state index contributed by atoms with van der Waals surface area (Å²) < 4.78 is 5.57. The van der Waals surface area contributed by atoms with Gasteiger partial charge < -0.3 is 19.4 Å². The number of anilines is 3. The average Bonchev–Trinajstić information content (AvgIpc) is 2.89. The molecule has 0 amide bonds. The Labute approximate surface area is 212 Å². The Hall–Kier alpha value is -2.90. The van der Waals surface area contributed by atoms with E-state index in [2.05, 4.69) is 70.8 Å². The van der Waals surface area contributed by atoms with Crippen LogP contribution < -0.4 is 14.7 Å². The van der Waals surface area contributed by atoms with Crippen molar-refractivity contribution in [3.63, 3.8) is 0 Å². The number of nitrogens with zero attached hydrogens (tertiary/aromatic N) is 6. The van der Waals surface area contributed by atoms with Crippen LogP contribution in [0.2, 0.25) is 5.02 Å². The Bertz CT molecular complexity index is 1150. The van der Waals surface area contributed by atoms with Crippen molar-refractivity contribution in [2.75, 3.05) is 60.6 Å². The van der Waals surface area contributed by atoms with Gasteiger partial charge in [0.25, 0.3) is 0 Å². The predicted molar refractivity (Wildman–Crippen MR) is 143 cm³/mol. The molecule has 1 aromatic carbocycles. The highest BCUT2D eigenvalue weighted by atomic mass is 35.5. The van der Waals surface area contributed by atoms with Crippen molar-refractivity contribution in [2.45, 2.75) is 32.7 Å². The molecule has 184 valence electrons. The SMILES string of the molecule is CC(C)c1ccc(-c2cc(N3CCN(c4ncccc4Cl)C[C@H]3C)nc(N3CCOCC3)n2)cc1. The minimum Gasteiger partial charge on any atom is -0.378 e. The van der Waals surface area contributed by atoms with E-state index in [-0.39, 0.29) is 6.04 Å². The predicted octanol–water partition coefficient (Wildman–Crippen LogP) is 4.87. The van der Waals surface area contributed by atoms with Crippen LogP contribution in [0.3, 0.4) is 0 Å². The van der Waals surface area contributed by atoms with Crippen molar-refractivity contribution in [1.29, 1.82) is 0 Å². The summed E-state index contributed by atoms with van der Waals surface area (Å²) in [5, 5.41) is 0.692. The van der Waals surface area contributed by atoms with Crippen molar-refractivity contribution >= 4 is 29.2 Å². The van der Waals surface area contributed by atoms with E-state index in [1.165, 1.54) is 5.56 Å². The van der Waals surface area contributed by atoms with Gasteiger partial charge in [0.2, 0.25) is 5.95 Å². The Balaban J connectivity index is 1.45. The van der Waals surface area contributed by atoms with Gasteiger partial charge >= 0.3 is 0 Å². The summed E-state index contributed by atoms with van der Waals surface area (Å²) >= 11 is 6.43. The molecule has 2 fully saturated rings. The molecule has 0 N–H and O–H groups in total. The van der Waals surface area contributed by atoms with Gasteiger partial charge in [-0.3, -0.25) is 0 Å². The molecular weight excluding hydrogens is 460 g/mol. The number of halogens is 1. The molecular formula is C27H33ClN6O. The molecule has 7 nitrogen and oxygen atoms in total. The molecule has 0 spiro atoms. The minimum absolute atomic E-state index is 0.241. The number of benzene rings is 1. The lowest BCUT2D eigenvalue weighted by Gasteiger charge is -2.41. The molecule has 35 heavy (non-hydrogen) atoms. The van der Waals surface area contributed by atoms with Crippen molar-refractivity contribution in [3.8, 4) is 11.3 Å². The summed E-state index contributed by atoms with van der Waals surface area (Å²) in [5.74, 6) is 3.08. The lowest BCUT2D eigenvalue weighted by Crippen LogP contribution is -2.53. The molecule has 0 unspecified atom stereocenters. The van der Waals surface area contributed by atoms with E-state index >= 15 is 0 Å². The molecule has 0 saturated carbocycles. The van der Waals surface area contributed by atoms with E-state index in [9.17, 15) is 0 Å². The lowest BCUT2D eigenvalue weighted by molar-refractivity contribution is 0.122. The van der Waals surface area contributed by atoms with Crippen LogP contribution in [-0.4, -0.2) is 66.9 Å². The number of hydrogen-bond donors (Lipinski definition) is 0. The summed E-state index contributed by atoms with van der Waals surface area (Å²) in [7, 11) is 0. The number of piperazine rings is 1. The van der Waals surface area contributed by atoms with Crippen LogP contribution in [0.25, 0.3) is 11.3 Å². The zero-order valence-corrected chi connectivity index (χ0v) is 21.4. The van der Waals surface area contributed by atoms with Crippen molar-refractivity contribution < 1.29 is 4.74 Å². The number of rotatable bonds is 5. The summed E-state index contributed by atoms with van der Waals surface area (Å²) in [6.45, 7) is 12.2. The normalized spacial score (nSPS) is 18.9. The van der Waals surface area contributed by atoms with Gasteiger partial charge in [-0.1, -0.05) is 49.7 Å². The summed E-state index contributed by atoms with van der Waals surface area (Å²) in [5.41, 5.74) is 3.39. The fraction of sp³-hybridized carbons (Fsp3) is 0.444. The first-order valence-corrected chi connectivity index (χ1v) is 12.8. The molecule has 5 rings (SSSR count). The second kappa shape index (κ2) is 10.4. The van der Waals surface area contributed by atoms with Gasteiger partial charge in [-0.25, -0.2) is 9.97 Å². The molecule has 8 heteroatoms. The lowest BCUT2D eigenvalue weighted by atomic mass is 10.0. The molecule has 3 aromatic rings. The van der Waals surface area contributed by atoms with E-state index in [0.717, 1.165) is 61.6 Å². The molecule has 0 bridgehead atoms. The van der Waals surface area contributed by atoms with Crippen LogP contribution in [0.5, 0.6) is 0 Å². The zero-order chi connectivity index (χ0) is 24.4. The van der Waals surface area contributed by atoms with Crippen LogP contribution in [0.15, 0.2) is 48.7 Å². The molecule has 0 radical (unpaired) electrons. The fourth-order valence-electron chi connectivity index (χ4n) is 4.76. The maximum Gasteiger partial charge on any atom is 0.228 e. The summed E-state index contributed by atoms with van der Waals surface area (Å²) in [6.07, 6.45) is 1.80. The minimum atomic E-state index is 0.241. The first-order valence-electron chi connectivity index (χ1n) is 12.4. The number of aromatic nitrogens is 3. The maximum absolute atomic E-state index is 6.43. The van der Waals surface area contributed by atoms with E-state index in [1.807, 2.05) is 12.1 Å². The van der Waals surface area contributed by atoms with Crippen molar-refractivity contribution in [1.82, 2.24) is 15.0 Å². The van der Waals surface area contributed by atoms with Crippen LogP contribution in [0.4, 0.5) is 17.6 Å². The van der Waals surface area contributed by atoms with Gasteiger partial charge in [-0.15, -0.1) is 0 Å². The van der Waals surface area contributed by atoms with Gasteiger partial charge in [0, 0.05) is 56.6 Å². The highest BCUT2D eigenvalue weighted by Gasteiger charge is 2.28. The van der Waals surface area contributed by atoms with Gasteiger partial charge in [-0.2, -0.15) is 4.98 Å². The number of hydrogen-bond acceptors (Lipinski definition) is 7. The number of morpholine rings is 1. The van der Waals surface area contributed by atoms with E-state index in [4.69, 9.17) is 26.3 Å². The van der Waals surface area contributed by atoms with E-state index < -0.39 is 0 Å². The smallest absolute Gasteiger partial charge is 0.228 e. The summed E-state index contributed by atoms with van der Waals surface area (Å²) in [6, 6.07) is 14.9. The third-order valence-corrected chi connectivity index (χ3v) is 7.12. The first-order chi connectivity index (χ1) is 17.0. The third-order valence-electron chi connectivity index (χ3n) is 6.83. The van der Waals surface area contributed by atoms with Crippen molar-refractivity contribution in [3.05, 3.63) is 59.2 Å². The van der Waals surface area contributed by atoms with Crippen LogP contribution in [-0.2, 0) is 4.74 Å². The maximum atomic E-state index is 6.43. The topological polar surface area (TPSA) is 57.6 Å². The van der Waals surface area contributed by atoms with Gasteiger partial charge in [0.05, 0.1) is 23.9 Å². The second-order valence-electron chi connectivity index (χ2n) is 9.58. The largest absolute Gasteiger partial charge is 0.378 e. The molecule has 0 aliphatic carbocycles. The summed E-state index contributed by atoms with van der Waals surface area (Å²) in [4.78, 5) is 21.4. The van der Waals surface area contributed by atoms with Gasteiger partial charge in [0.1, 0.15) is 11.6 Å². The van der Waals surface area contributed by atoms with Crippen LogP contribution in [0, 0.1) is 0 Å². The molecule has 2 aromatic heterocycles. The van der Waals surface area contributed by atoms with Gasteiger partial charge in [-0.05, 0) is 30.5 Å². The quantitative estimate of drug-likeness (QED) is 0.503. The second-order valence-corrected chi connectivity index (χ2v) is 9.99. The standard InChI is InChI=1S/C27H33ClN6O/c1-19(2)21-6-8-22(9-7-21)24-17-25(31-27(30-24)32-13-15-35-16-14-32)34-12-11-33(18-20(34)3)26-23(28)5-4-10-29-26/h4-10,17,19-20H,11-16,18H2,1-3H3/t20-/m1/s1. The Morgan fingerprint density at radius 1 is 0.971 bits per heavy atom. The fourth-order valence-corrected chi connectivity index (χ4v) is 5.00. The van der Waals surface area contributed by atoms with Crippen LogP contribution >= 0.6 is 11.6 Å². The third kappa shape index (κ3) is 5.21. The van der Waals surface area contributed by atoms with Crippen molar-refractivity contribution in [2.24, 2.45) is 0 Å². The highest BCUT2D eigenvalue weighted by molar-refractivity contribution is 6.32. The zero-order valence-electron chi connectivity index (χ0n) is 20.7. The first kappa shape index (κ1) is 23.8.